The Hall–Kier alpha value is -2.13. The molecule has 0 aromatic heterocycles. The van der Waals surface area contributed by atoms with Crippen LogP contribution in [0.5, 0.6) is 0 Å². The summed E-state index contributed by atoms with van der Waals surface area (Å²) in [5, 5.41) is 3.16. The van der Waals surface area contributed by atoms with E-state index >= 15 is 0 Å². The van der Waals surface area contributed by atoms with Crippen molar-refractivity contribution in [1.82, 2.24) is 4.90 Å². The summed E-state index contributed by atoms with van der Waals surface area (Å²) < 4.78 is 0. The minimum absolute atomic E-state index is 0.0584. The standard InChI is InChI=1S/C22H28N2O/c1-15(2)18-11-7-8-16(3)22(18)23-21(25)14-24(4)20-13-12-17-9-5-6-10-19(17)20/h5-11,15,20H,12-14H2,1-4H3,(H,23,25)/t20-/m1/s1. The van der Waals surface area contributed by atoms with Gasteiger partial charge in [0.25, 0.3) is 0 Å². The van der Waals surface area contributed by atoms with Gasteiger partial charge in [0.05, 0.1) is 6.54 Å². The van der Waals surface area contributed by atoms with Crippen LogP contribution in [0.15, 0.2) is 42.5 Å². The molecule has 0 unspecified atom stereocenters. The minimum atomic E-state index is 0.0584. The van der Waals surface area contributed by atoms with E-state index in [0.29, 0.717) is 18.5 Å². The van der Waals surface area contributed by atoms with E-state index in [2.05, 4.69) is 73.5 Å². The Balaban J connectivity index is 1.70. The number of anilines is 1. The number of para-hydroxylation sites is 1. The topological polar surface area (TPSA) is 32.3 Å². The summed E-state index contributed by atoms with van der Waals surface area (Å²) >= 11 is 0. The average molecular weight is 336 g/mol. The first kappa shape index (κ1) is 17.7. The van der Waals surface area contributed by atoms with Gasteiger partial charge in [-0.1, -0.05) is 56.3 Å². The van der Waals surface area contributed by atoms with Crippen LogP contribution in [0.2, 0.25) is 0 Å². The first-order chi connectivity index (χ1) is 12.0. The van der Waals surface area contributed by atoms with Gasteiger partial charge in [0.1, 0.15) is 0 Å². The molecule has 25 heavy (non-hydrogen) atoms. The van der Waals surface area contributed by atoms with Crippen molar-refractivity contribution in [3.05, 3.63) is 64.7 Å². The third kappa shape index (κ3) is 3.77. The molecule has 3 nitrogen and oxygen atoms in total. The number of aryl methyl sites for hydroxylation is 2. The zero-order valence-electron chi connectivity index (χ0n) is 15.7. The van der Waals surface area contributed by atoms with Crippen LogP contribution in [0, 0.1) is 6.92 Å². The molecule has 0 heterocycles. The maximum atomic E-state index is 12.7. The number of carbonyl (C=O) groups is 1. The lowest BCUT2D eigenvalue weighted by Crippen LogP contribution is -2.33. The predicted molar refractivity (Wildman–Crippen MR) is 104 cm³/mol. The third-order valence-corrected chi connectivity index (χ3v) is 5.22. The monoisotopic (exact) mass is 336 g/mol. The number of hydrogen-bond acceptors (Lipinski definition) is 2. The van der Waals surface area contributed by atoms with Crippen molar-refractivity contribution in [2.24, 2.45) is 0 Å². The zero-order chi connectivity index (χ0) is 18.0. The highest BCUT2D eigenvalue weighted by Crippen LogP contribution is 2.34. The van der Waals surface area contributed by atoms with Crippen LogP contribution in [0.1, 0.15) is 54.5 Å². The lowest BCUT2D eigenvalue weighted by molar-refractivity contribution is -0.117. The number of benzene rings is 2. The Morgan fingerprint density at radius 3 is 2.72 bits per heavy atom. The fraction of sp³-hybridized carbons (Fsp3) is 0.409. The molecule has 1 atom stereocenters. The van der Waals surface area contributed by atoms with E-state index in [1.807, 2.05) is 7.05 Å². The van der Waals surface area contributed by atoms with Crippen LogP contribution in [-0.2, 0) is 11.2 Å². The van der Waals surface area contributed by atoms with Gasteiger partial charge in [-0.2, -0.15) is 0 Å². The van der Waals surface area contributed by atoms with Gasteiger partial charge >= 0.3 is 0 Å². The highest BCUT2D eigenvalue weighted by atomic mass is 16.2. The van der Waals surface area contributed by atoms with E-state index in [4.69, 9.17) is 0 Å². The van der Waals surface area contributed by atoms with Crippen LogP contribution in [0.25, 0.3) is 0 Å². The number of carbonyl (C=O) groups excluding carboxylic acids is 1. The third-order valence-electron chi connectivity index (χ3n) is 5.22. The van der Waals surface area contributed by atoms with E-state index in [1.54, 1.807) is 0 Å². The summed E-state index contributed by atoms with van der Waals surface area (Å²) in [5.41, 5.74) is 6.08. The fourth-order valence-electron chi connectivity index (χ4n) is 3.85. The molecule has 0 spiro atoms. The molecule has 0 aliphatic heterocycles. The Morgan fingerprint density at radius 2 is 1.96 bits per heavy atom. The maximum absolute atomic E-state index is 12.7. The van der Waals surface area contributed by atoms with Gasteiger partial charge in [-0.05, 0) is 55.0 Å². The molecule has 1 amide bonds. The van der Waals surface area contributed by atoms with E-state index in [0.717, 1.165) is 24.1 Å². The van der Waals surface area contributed by atoms with Gasteiger partial charge in [0, 0.05) is 11.7 Å². The largest absolute Gasteiger partial charge is 0.324 e. The number of amides is 1. The summed E-state index contributed by atoms with van der Waals surface area (Å²) in [6.45, 7) is 6.78. The van der Waals surface area contributed by atoms with Crippen molar-refractivity contribution in [1.29, 1.82) is 0 Å². The number of hydrogen-bond donors (Lipinski definition) is 1. The second-order valence-corrected chi connectivity index (χ2v) is 7.41. The van der Waals surface area contributed by atoms with Crippen molar-refractivity contribution in [3.63, 3.8) is 0 Å². The second-order valence-electron chi connectivity index (χ2n) is 7.41. The van der Waals surface area contributed by atoms with Gasteiger partial charge in [0.15, 0.2) is 0 Å². The van der Waals surface area contributed by atoms with Gasteiger partial charge in [-0.15, -0.1) is 0 Å². The Kier molecular flexibility index (Phi) is 5.24. The van der Waals surface area contributed by atoms with E-state index in [1.165, 1.54) is 16.7 Å². The van der Waals surface area contributed by atoms with E-state index in [9.17, 15) is 4.79 Å². The maximum Gasteiger partial charge on any atom is 0.238 e. The van der Waals surface area contributed by atoms with Gasteiger partial charge in [-0.25, -0.2) is 0 Å². The molecule has 3 heteroatoms. The first-order valence-corrected chi connectivity index (χ1v) is 9.14. The van der Waals surface area contributed by atoms with E-state index in [-0.39, 0.29) is 5.91 Å². The lowest BCUT2D eigenvalue weighted by Gasteiger charge is -2.25. The Morgan fingerprint density at radius 1 is 1.20 bits per heavy atom. The van der Waals surface area contributed by atoms with Crippen molar-refractivity contribution in [2.45, 2.75) is 45.6 Å². The first-order valence-electron chi connectivity index (χ1n) is 9.14. The molecule has 0 saturated heterocycles. The highest BCUT2D eigenvalue weighted by Gasteiger charge is 2.26. The molecule has 0 radical (unpaired) electrons. The molecular formula is C22H28N2O. The lowest BCUT2D eigenvalue weighted by atomic mass is 9.98. The average Bonchev–Trinajstić information content (AvgIpc) is 3.00. The summed E-state index contributed by atoms with van der Waals surface area (Å²) in [6, 6.07) is 15.1. The van der Waals surface area contributed by atoms with Gasteiger partial charge in [0.2, 0.25) is 5.91 Å². The zero-order valence-corrected chi connectivity index (χ0v) is 15.7. The number of likely N-dealkylation sites (N-methyl/N-ethyl adjacent to an activating group) is 1. The molecule has 0 fully saturated rings. The van der Waals surface area contributed by atoms with Crippen molar-refractivity contribution in [2.75, 3.05) is 18.9 Å². The number of nitrogens with zero attached hydrogens (tertiary/aromatic N) is 1. The molecule has 1 N–H and O–H groups in total. The smallest absolute Gasteiger partial charge is 0.238 e. The normalized spacial score (nSPS) is 16.3. The predicted octanol–water partition coefficient (Wildman–Crippen LogP) is 4.68. The molecule has 2 aromatic carbocycles. The molecule has 0 saturated carbocycles. The molecule has 132 valence electrons. The van der Waals surface area contributed by atoms with Crippen LogP contribution >= 0.6 is 0 Å². The number of nitrogens with one attached hydrogen (secondary N) is 1. The SMILES string of the molecule is Cc1cccc(C(C)C)c1NC(=O)CN(C)[C@@H]1CCc2ccccc21. The summed E-state index contributed by atoms with van der Waals surface area (Å²) in [5.74, 6) is 0.442. The molecule has 0 bridgehead atoms. The van der Waals surface area contributed by atoms with Crippen LogP contribution < -0.4 is 5.32 Å². The summed E-state index contributed by atoms with van der Waals surface area (Å²) in [4.78, 5) is 14.8. The Bertz CT molecular complexity index is 766. The Labute approximate surface area is 151 Å². The minimum Gasteiger partial charge on any atom is -0.324 e. The number of fused-ring (bicyclic) bond motifs is 1. The fourth-order valence-corrected chi connectivity index (χ4v) is 3.85. The molecule has 3 rings (SSSR count). The van der Waals surface area contributed by atoms with Crippen LogP contribution in [-0.4, -0.2) is 24.4 Å². The second kappa shape index (κ2) is 7.40. The number of rotatable bonds is 5. The quantitative estimate of drug-likeness (QED) is 0.860. The van der Waals surface area contributed by atoms with Crippen molar-refractivity contribution < 1.29 is 4.79 Å². The van der Waals surface area contributed by atoms with Crippen molar-refractivity contribution in [3.8, 4) is 0 Å². The van der Waals surface area contributed by atoms with Crippen molar-refractivity contribution >= 4 is 11.6 Å². The van der Waals surface area contributed by atoms with Gasteiger partial charge in [-0.3, -0.25) is 9.69 Å². The highest BCUT2D eigenvalue weighted by molar-refractivity contribution is 5.94. The van der Waals surface area contributed by atoms with Crippen LogP contribution in [0.4, 0.5) is 5.69 Å². The summed E-state index contributed by atoms with van der Waals surface area (Å²) in [6.07, 6.45) is 2.19. The summed E-state index contributed by atoms with van der Waals surface area (Å²) in [7, 11) is 2.05. The van der Waals surface area contributed by atoms with E-state index < -0.39 is 0 Å². The molecule has 1 aliphatic carbocycles. The molecule has 2 aromatic rings. The molecular weight excluding hydrogens is 308 g/mol. The van der Waals surface area contributed by atoms with Crippen LogP contribution in [0.3, 0.4) is 0 Å². The molecule has 1 aliphatic rings. The van der Waals surface area contributed by atoms with Gasteiger partial charge < -0.3 is 5.32 Å².